The van der Waals surface area contributed by atoms with Gasteiger partial charge in [0.2, 0.25) is 0 Å². The van der Waals surface area contributed by atoms with Crippen molar-refractivity contribution in [2.75, 3.05) is 0 Å². The summed E-state index contributed by atoms with van der Waals surface area (Å²) in [5, 5.41) is 4.27. The van der Waals surface area contributed by atoms with Crippen LogP contribution in [0.5, 0.6) is 0 Å². The monoisotopic (exact) mass is 440 g/mol. The van der Waals surface area contributed by atoms with E-state index in [0.717, 1.165) is 24.0 Å². The highest BCUT2D eigenvalue weighted by atomic mass is 19.1. The van der Waals surface area contributed by atoms with Crippen LogP contribution in [0.2, 0.25) is 0 Å². The van der Waals surface area contributed by atoms with Crippen LogP contribution in [0.15, 0.2) is 77.6 Å². The van der Waals surface area contributed by atoms with Crippen molar-refractivity contribution in [1.82, 2.24) is 9.88 Å². The van der Waals surface area contributed by atoms with Crippen molar-refractivity contribution in [3.63, 3.8) is 0 Å². The van der Waals surface area contributed by atoms with E-state index in [2.05, 4.69) is 5.32 Å². The first-order valence-corrected chi connectivity index (χ1v) is 11.2. The zero-order valence-electron chi connectivity index (χ0n) is 18.6. The van der Waals surface area contributed by atoms with E-state index in [-0.39, 0.29) is 29.2 Å². The Morgan fingerprint density at radius 1 is 0.970 bits per heavy atom. The minimum absolute atomic E-state index is 0.160. The van der Waals surface area contributed by atoms with Gasteiger partial charge in [0.15, 0.2) is 0 Å². The third-order valence-electron chi connectivity index (χ3n) is 6.43. The van der Waals surface area contributed by atoms with Crippen LogP contribution in [0.4, 0.5) is 4.39 Å². The third kappa shape index (κ3) is 3.95. The summed E-state index contributed by atoms with van der Waals surface area (Å²) >= 11 is 0. The largest absolute Gasteiger partial charge is 0.345 e. The number of aromatic nitrogens is 1. The van der Waals surface area contributed by atoms with Crippen LogP contribution in [0.3, 0.4) is 0 Å². The molecule has 0 spiro atoms. The molecule has 5 heteroatoms. The summed E-state index contributed by atoms with van der Waals surface area (Å²) in [6.07, 6.45) is 1.98. The van der Waals surface area contributed by atoms with E-state index < -0.39 is 0 Å². The van der Waals surface area contributed by atoms with Crippen molar-refractivity contribution >= 4 is 16.7 Å². The van der Waals surface area contributed by atoms with E-state index >= 15 is 0 Å². The van der Waals surface area contributed by atoms with E-state index in [1.54, 1.807) is 29.7 Å². The molecular weight excluding hydrogens is 415 g/mol. The molecule has 1 aliphatic rings. The number of hydrogen-bond acceptors (Lipinski definition) is 2. The number of benzene rings is 3. The fourth-order valence-corrected chi connectivity index (χ4v) is 4.57. The summed E-state index contributed by atoms with van der Waals surface area (Å²) in [6, 6.07) is 21.0. The first-order valence-electron chi connectivity index (χ1n) is 11.2. The molecule has 166 valence electrons. The second-order valence-electron chi connectivity index (χ2n) is 8.83. The summed E-state index contributed by atoms with van der Waals surface area (Å²) in [6.45, 7) is 3.79. The number of nitrogens with zero attached hydrogens (tertiary/aromatic N) is 1. The Morgan fingerprint density at radius 2 is 1.67 bits per heavy atom. The number of nitrogens with one attached hydrogen (secondary N) is 1. The lowest BCUT2D eigenvalue weighted by Crippen LogP contribution is -2.33. The number of hydrogen-bond donors (Lipinski definition) is 1. The molecule has 4 aromatic rings. The Kier molecular flexibility index (Phi) is 5.33. The topological polar surface area (TPSA) is 51.1 Å². The number of fused-ring (bicyclic) bond motifs is 1. The predicted octanol–water partition coefficient (Wildman–Crippen LogP) is 5.63. The van der Waals surface area contributed by atoms with Gasteiger partial charge in [-0.1, -0.05) is 48.0 Å². The SMILES string of the molecule is Cc1ccc(-n2c(C)c(C(=O)N[C@H](c3cccc(F)c3)C3CC3)c3ccccc3c2=O)cc1. The number of rotatable bonds is 5. The van der Waals surface area contributed by atoms with Crippen LogP contribution in [0.25, 0.3) is 16.5 Å². The van der Waals surface area contributed by atoms with Gasteiger partial charge in [0.25, 0.3) is 11.5 Å². The average Bonchev–Trinajstić information content (AvgIpc) is 3.64. The average molecular weight is 441 g/mol. The molecule has 0 saturated heterocycles. The lowest BCUT2D eigenvalue weighted by atomic mass is 9.99. The highest BCUT2D eigenvalue weighted by molar-refractivity contribution is 6.08. The van der Waals surface area contributed by atoms with E-state index in [0.29, 0.717) is 27.7 Å². The van der Waals surface area contributed by atoms with Crippen LogP contribution >= 0.6 is 0 Å². The number of halogens is 1. The van der Waals surface area contributed by atoms with Gasteiger partial charge in [-0.05, 0) is 68.5 Å². The van der Waals surface area contributed by atoms with Gasteiger partial charge in [0.05, 0.1) is 11.6 Å². The number of amides is 1. The van der Waals surface area contributed by atoms with E-state index in [4.69, 9.17) is 0 Å². The Morgan fingerprint density at radius 3 is 2.33 bits per heavy atom. The minimum atomic E-state index is -0.318. The summed E-state index contributed by atoms with van der Waals surface area (Å²) in [5.41, 5.74) is 3.45. The van der Waals surface area contributed by atoms with Crippen LogP contribution < -0.4 is 10.9 Å². The molecule has 4 nitrogen and oxygen atoms in total. The normalized spacial score (nSPS) is 14.3. The third-order valence-corrected chi connectivity index (χ3v) is 6.43. The number of carbonyl (C=O) groups excluding carboxylic acids is 1. The molecular formula is C28H25FN2O2. The summed E-state index contributed by atoms with van der Waals surface area (Å²) < 4.78 is 15.5. The molecule has 0 bridgehead atoms. The van der Waals surface area contributed by atoms with Gasteiger partial charge in [-0.2, -0.15) is 0 Å². The van der Waals surface area contributed by atoms with Gasteiger partial charge in [-0.15, -0.1) is 0 Å². The molecule has 33 heavy (non-hydrogen) atoms. The van der Waals surface area contributed by atoms with Crippen molar-refractivity contribution in [2.24, 2.45) is 5.92 Å². The maximum atomic E-state index is 13.9. The second kappa shape index (κ2) is 8.32. The summed E-state index contributed by atoms with van der Waals surface area (Å²) in [4.78, 5) is 27.1. The number of pyridine rings is 1. The first kappa shape index (κ1) is 21.1. The molecule has 5 rings (SSSR count). The molecule has 1 atom stereocenters. The molecule has 1 fully saturated rings. The highest BCUT2D eigenvalue weighted by Gasteiger charge is 2.34. The zero-order valence-corrected chi connectivity index (χ0v) is 18.6. The molecule has 3 aromatic carbocycles. The van der Waals surface area contributed by atoms with Crippen LogP contribution in [0.1, 0.15) is 46.1 Å². The maximum absolute atomic E-state index is 13.9. The molecule has 1 N–H and O–H groups in total. The fourth-order valence-electron chi connectivity index (χ4n) is 4.57. The van der Waals surface area contributed by atoms with Gasteiger partial charge in [0, 0.05) is 22.2 Å². The Hall–Kier alpha value is -3.73. The molecule has 0 unspecified atom stereocenters. The van der Waals surface area contributed by atoms with E-state index in [9.17, 15) is 14.0 Å². The quantitative estimate of drug-likeness (QED) is 0.437. The van der Waals surface area contributed by atoms with Crippen molar-refractivity contribution in [3.05, 3.63) is 111 Å². The van der Waals surface area contributed by atoms with Crippen LogP contribution in [0, 0.1) is 25.6 Å². The lowest BCUT2D eigenvalue weighted by Gasteiger charge is -2.22. The Bertz CT molecular complexity index is 1420. The van der Waals surface area contributed by atoms with Crippen molar-refractivity contribution in [1.29, 1.82) is 0 Å². The smallest absolute Gasteiger partial charge is 0.263 e. The van der Waals surface area contributed by atoms with Gasteiger partial charge in [-0.25, -0.2) is 4.39 Å². The summed E-state index contributed by atoms with van der Waals surface area (Å²) in [7, 11) is 0. The van der Waals surface area contributed by atoms with Crippen LogP contribution in [-0.2, 0) is 0 Å². The molecule has 1 heterocycles. The van der Waals surface area contributed by atoms with Crippen LogP contribution in [-0.4, -0.2) is 10.5 Å². The van der Waals surface area contributed by atoms with Crippen molar-refractivity contribution in [3.8, 4) is 5.69 Å². The maximum Gasteiger partial charge on any atom is 0.263 e. The molecule has 0 aliphatic heterocycles. The predicted molar refractivity (Wildman–Crippen MR) is 128 cm³/mol. The Labute approximate surface area is 191 Å². The zero-order chi connectivity index (χ0) is 23.1. The van der Waals surface area contributed by atoms with Gasteiger partial charge in [0.1, 0.15) is 5.82 Å². The van der Waals surface area contributed by atoms with Gasteiger partial charge in [-0.3, -0.25) is 14.2 Å². The lowest BCUT2D eigenvalue weighted by molar-refractivity contribution is 0.0932. The fraction of sp³-hybridized carbons (Fsp3) is 0.214. The van der Waals surface area contributed by atoms with Gasteiger partial charge < -0.3 is 5.32 Å². The van der Waals surface area contributed by atoms with Crippen molar-refractivity contribution in [2.45, 2.75) is 32.7 Å². The first-order chi connectivity index (χ1) is 15.9. The van der Waals surface area contributed by atoms with Gasteiger partial charge >= 0.3 is 0 Å². The summed E-state index contributed by atoms with van der Waals surface area (Å²) in [5.74, 6) is -0.294. The second-order valence-corrected chi connectivity index (χ2v) is 8.83. The van der Waals surface area contributed by atoms with E-state index in [1.807, 2.05) is 49.4 Å². The highest BCUT2D eigenvalue weighted by Crippen LogP contribution is 2.41. The standard InChI is InChI=1S/C28H25FN2O2/c1-17-10-14-22(15-11-17)31-18(2)25(23-8-3-4-9-24(23)28(31)33)27(32)30-26(19-12-13-19)20-6-5-7-21(29)16-20/h3-11,14-16,19,26H,12-13H2,1-2H3,(H,30,32)/t26-/m0/s1. The molecule has 1 saturated carbocycles. The molecule has 1 aromatic heterocycles. The number of aryl methyl sites for hydroxylation is 1. The minimum Gasteiger partial charge on any atom is -0.345 e. The Balaban J connectivity index is 1.64. The molecule has 0 radical (unpaired) electrons. The van der Waals surface area contributed by atoms with E-state index in [1.165, 1.54) is 12.1 Å². The molecule has 1 amide bonds. The number of carbonyl (C=O) groups is 1. The molecule has 1 aliphatic carbocycles. The van der Waals surface area contributed by atoms with Crippen molar-refractivity contribution < 1.29 is 9.18 Å².